The molecule has 1 N–H and O–H groups in total. The summed E-state index contributed by atoms with van der Waals surface area (Å²) in [7, 11) is 0. The lowest BCUT2D eigenvalue weighted by atomic mass is 10.1. The second-order valence-electron chi connectivity index (χ2n) is 4.28. The third-order valence-electron chi connectivity index (χ3n) is 2.72. The van der Waals surface area contributed by atoms with Crippen LogP contribution in [0.2, 0.25) is 0 Å². The first-order valence-corrected chi connectivity index (χ1v) is 6.34. The average molecular weight is 223 g/mol. The van der Waals surface area contributed by atoms with Crippen molar-refractivity contribution in [2.24, 2.45) is 0 Å². The summed E-state index contributed by atoms with van der Waals surface area (Å²) in [5.74, 6) is 2.04. The molecule has 0 amide bonds. The highest BCUT2D eigenvalue weighted by atomic mass is 32.2. The van der Waals surface area contributed by atoms with Crippen molar-refractivity contribution in [3.63, 3.8) is 0 Å². The normalized spacial score (nSPS) is 25.5. The summed E-state index contributed by atoms with van der Waals surface area (Å²) in [5.41, 5.74) is 1.01. The first kappa shape index (κ1) is 10.7. The molecule has 0 bridgehead atoms. The predicted octanol–water partition coefficient (Wildman–Crippen LogP) is 2.48. The van der Waals surface area contributed by atoms with E-state index in [1.807, 2.05) is 13.0 Å². The molecule has 0 spiro atoms. The van der Waals surface area contributed by atoms with Crippen molar-refractivity contribution in [2.45, 2.75) is 31.4 Å². The number of thioether (sulfide) groups is 1. The van der Waals surface area contributed by atoms with Crippen LogP contribution >= 0.6 is 11.8 Å². The van der Waals surface area contributed by atoms with Crippen LogP contribution in [-0.2, 0) is 0 Å². The number of aromatic nitrogens is 2. The Morgan fingerprint density at radius 3 is 3.13 bits per heavy atom. The van der Waals surface area contributed by atoms with Gasteiger partial charge in [0.25, 0.3) is 0 Å². The monoisotopic (exact) mass is 223 g/mol. The molecule has 2 heterocycles. The average Bonchev–Trinajstić information content (AvgIpc) is 2.63. The fourth-order valence-corrected chi connectivity index (χ4v) is 3.02. The van der Waals surface area contributed by atoms with Crippen molar-refractivity contribution in [1.82, 2.24) is 9.97 Å². The Bertz CT molecular complexity index is 334. The Balaban J connectivity index is 1.92. The molecule has 1 fully saturated rings. The zero-order valence-electron chi connectivity index (χ0n) is 9.29. The van der Waals surface area contributed by atoms with Crippen molar-refractivity contribution < 1.29 is 0 Å². The van der Waals surface area contributed by atoms with E-state index in [0.29, 0.717) is 4.75 Å². The van der Waals surface area contributed by atoms with Gasteiger partial charge >= 0.3 is 0 Å². The van der Waals surface area contributed by atoms with Gasteiger partial charge in [0.15, 0.2) is 0 Å². The molecule has 1 aromatic rings. The summed E-state index contributed by atoms with van der Waals surface area (Å²) < 4.78 is 0.368. The molecule has 2 rings (SSSR count). The highest BCUT2D eigenvalue weighted by molar-refractivity contribution is 8.00. The highest BCUT2D eigenvalue weighted by Crippen LogP contribution is 2.37. The number of hydrogen-bond donors (Lipinski definition) is 1. The molecule has 1 aromatic heterocycles. The van der Waals surface area contributed by atoms with E-state index in [9.17, 15) is 0 Å². The van der Waals surface area contributed by atoms with E-state index < -0.39 is 0 Å². The van der Waals surface area contributed by atoms with Crippen molar-refractivity contribution in [3.8, 4) is 0 Å². The Morgan fingerprint density at radius 2 is 2.47 bits per heavy atom. The predicted molar refractivity (Wildman–Crippen MR) is 65.4 cm³/mol. The topological polar surface area (TPSA) is 37.8 Å². The van der Waals surface area contributed by atoms with Gasteiger partial charge in [-0.2, -0.15) is 11.8 Å². The number of rotatable bonds is 3. The number of nitrogens with one attached hydrogen (secondary N) is 1. The first-order chi connectivity index (χ1) is 7.18. The van der Waals surface area contributed by atoms with E-state index >= 15 is 0 Å². The molecular weight excluding hydrogens is 206 g/mol. The zero-order chi connectivity index (χ0) is 10.7. The van der Waals surface area contributed by atoms with Crippen LogP contribution in [0.4, 0.5) is 5.95 Å². The number of aryl methyl sites for hydroxylation is 1. The Labute approximate surface area is 95.1 Å². The lowest BCUT2D eigenvalue weighted by Crippen LogP contribution is -2.27. The van der Waals surface area contributed by atoms with Crippen LogP contribution in [-0.4, -0.2) is 27.0 Å². The van der Waals surface area contributed by atoms with Crippen LogP contribution in [0.1, 0.15) is 25.5 Å². The van der Waals surface area contributed by atoms with Crippen LogP contribution in [0.5, 0.6) is 0 Å². The summed E-state index contributed by atoms with van der Waals surface area (Å²) in [5, 5.41) is 3.32. The lowest BCUT2D eigenvalue weighted by molar-refractivity contribution is 0.632. The molecule has 15 heavy (non-hydrogen) atoms. The van der Waals surface area contributed by atoms with Crippen molar-refractivity contribution in [2.75, 3.05) is 17.6 Å². The van der Waals surface area contributed by atoms with E-state index in [-0.39, 0.29) is 0 Å². The third-order valence-corrected chi connectivity index (χ3v) is 4.25. The quantitative estimate of drug-likeness (QED) is 0.854. The molecule has 82 valence electrons. The van der Waals surface area contributed by atoms with Gasteiger partial charge in [-0.15, -0.1) is 0 Å². The van der Waals surface area contributed by atoms with Gasteiger partial charge in [0.1, 0.15) is 0 Å². The van der Waals surface area contributed by atoms with Gasteiger partial charge in [-0.3, -0.25) is 0 Å². The molecule has 0 saturated carbocycles. The van der Waals surface area contributed by atoms with Gasteiger partial charge in [0.2, 0.25) is 5.95 Å². The Morgan fingerprint density at radius 1 is 1.60 bits per heavy atom. The molecule has 0 aliphatic carbocycles. The van der Waals surface area contributed by atoms with Gasteiger partial charge in [0, 0.05) is 23.2 Å². The molecule has 1 saturated heterocycles. The van der Waals surface area contributed by atoms with Crippen LogP contribution < -0.4 is 5.32 Å². The summed E-state index contributed by atoms with van der Waals surface area (Å²) in [6.45, 7) is 5.26. The van der Waals surface area contributed by atoms with Gasteiger partial charge in [-0.25, -0.2) is 9.97 Å². The van der Waals surface area contributed by atoms with Gasteiger partial charge in [-0.05, 0) is 38.5 Å². The molecule has 1 aliphatic rings. The van der Waals surface area contributed by atoms with Crippen LogP contribution in [0.15, 0.2) is 12.3 Å². The summed E-state index contributed by atoms with van der Waals surface area (Å²) >= 11 is 2.05. The maximum atomic E-state index is 4.33. The summed E-state index contributed by atoms with van der Waals surface area (Å²) in [6, 6.07) is 1.91. The molecule has 1 atom stereocenters. The molecule has 1 unspecified atom stereocenters. The fraction of sp³-hybridized carbons (Fsp3) is 0.636. The van der Waals surface area contributed by atoms with Crippen LogP contribution in [0, 0.1) is 6.92 Å². The maximum absolute atomic E-state index is 4.33. The van der Waals surface area contributed by atoms with Gasteiger partial charge in [-0.1, -0.05) is 0 Å². The maximum Gasteiger partial charge on any atom is 0.222 e. The minimum absolute atomic E-state index is 0.368. The Kier molecular flexibility index (Phi) is 3.14. The highest BCUT2D eigenvalue weighted by Gasteiger charge is 2.29. The van der Waals surface area contributed by atoms with E-state index in [1.165, 1.54) is 18.6 Å². The van der Waals surface area contributed by atoms with Crippen LogP contribution in [0.25, 0.3) is 0 Å². The molecule has 0 radical (unpaired) electrons. The van der Waals surface area contributed by atoms with E-state index in [1.54, 1.807) is 6.20 Å². The van der Waals surface area contributed by atoms with E-state index in [0.717, 1.165) is 18.2 Å². The standard InChI is InChI=1S/C11H17N3S/c1-9-4-6-12-10(14-9)13-8-11(2)5-3-7-15-11/h4,6H,3,5,7-8H2,1-2H3,(H,12,13,14). The minimum Gasteiger partial charge on any atom is -0.353 e. The molecule has 1 aliphatic heterocycles. The second kappa shape index (κ2) is 4.39. The van der Waals surface area contributed by atoms with Crippen molar-refractivity contribution in [1.29, 1.82) is 0 Å². The Hall–Kier alpha value is -0.770. The summed E-state index contributed by atoms with van der Waals surface area (Å²) in [6.07, 6.45) is 4.42. The SMILES string of the molecule is Cc1ccnc(NCC2(C)CCCS2)n1. The number of anilines is 1. The lowest BCUT2D eigenvalue weighted by Gasteiger charge is -2.22. The van der Waals surface area contributed by atoms with E-state index in [4.69, 9.17) is 0 Å². The molecular formula is C11H17N3S. The van der Waals surface area contributed by atoms with Crippen LogP contribution in [0.3, 0.4) is 0 Å². The fourth-order valence-electron chi connectivity index (χ4n) is 1.78. The van der Waals surface area contributed by atoms with Gasteiger partial charge < -0.3 is 5.32 Å². The number of hydrogen-bond acceptors (Lipinski definition) is 4. The summed E-state index contributed by atoms with van der Waals surface area (Å²) in [4.78, 5) is 8.53. The molecule has 0 aromatic carbocycles. The van der Waals surface area contributed by atoms with Crippen molar-refractivity contribution in [3.05, 3.63) is 18.0 Å². The smallest absolute Gasteiger partial charge is 0.222 e. The first-order valence-electron chi connectivity index (χ1n) is 5.35. The minimum atomic E-state index is 0.368. The van der Waals surface area contributed by atoms with Crippen molar-refractivity contribution >= 4 is 17.7 Å². The molecule has 3 nitrogen and oxygen atoms in total. The van der Waals surface area contributed by atoms with E-state index in [2.05, 4.69) is 34.0 Å². The second-order valence-corrected chi connectivity index (χ2v) is 5.96. The molecule has 4 heteroatoms. The number of nitrogens with zero attached hydrogens (tertiary/aromatic N) is 2. The third kappa shape index (κ3) is 2.84. The zero-order valence-corrected chi connectivity index (χ0v) is 10.1. The van der Waals surface area contributed by atoms with Gasteiger partial charge in [0.05, 0.1) is 0 Å². The largest absolute Gasteiger partial charge is 0.353 e.